The van der Waals surface area contributed by atoms with E-state index in [0.29, 0.717) is 5.70 Å². The number of fused-ring (bicyclic) bond motifs is 3. The molecular weight excluding hydrogens is 414 g/mol. The highest BCUT2D eigenvalue weighted by Gasteiger charge is 2.63. The molecule has 0 aromatic rings. The molecular formula is C23H37NO4SSi. The summed E-state index contributed by atoms with van der Waals surface area (Å²) in [5.41, 5.74) is 1.63. The van der Waals surface area contributed by atoms with Crippen molar-refractivity contribution in [3.05, 3.63) is 23.9 Å². The predicted octanol–water partition coefficient (Wildman–Crippen LogP) is 4.75. The Morgan fingerprint density at radius 3 is 2.60 bits per heavy atom. The number of carbonyl (C=O) groups is 2. The van der Waals surface area contributed by atoms with E-state index < -0.39 is 8.32 Å². The van der Waals surface area contributed by atoms with Crippen LogP contribution in [0.3, 0.4) is 0 Å². The second-order valence-electron chi connectivity index (χ2n) is 10.3. The first-order valence-electron chi connectivity index (χ1n) is 11.0. The molecule has 2 fully saturated rings. The quantitative estimate of drug-likeness (QED) is 0.242. The number of nitrogens with zero attached hydrogens (tertiary/aromatic N) is 1. The van der Waals surface area contributed by atoms with Gasteiger partial charge in [0.1, 0.15) is 12.3 Å². The van der Waals surface area contributed by atoms with Crippen molar-refractivity contribution in [2.75, 3.05) is 12.9 Å². The van der Waals surface area contributed by atoms with E-state index >= 15 is 0 Å². The van der Waals surface area contributed by atoms with Crippen LogP contribution in [0.5, 0.6) is 0 Å². The molecule has 1 saturated heterocycles. The van der Waals surface area contributed by atoms with Crippen LogP contribution in [0.4, 0.5) is 0 Å². The van der Waals surface area contributed by atoms with E-state index in [1.165, 1.54) is 0 Å². The molecule has 0 N–H and O–H groups in total. The minimum absolute atomic E-state index is 0.0125. The maximum Gasteiger partial charge on any atom is 0.355 e. The molecule has 168 valence electrons. The fraction of sp³-hybridized carbons (Fsp3) is 0.739. The highest BCUT2D eigenvalue weighted by atomic mass is 32.2. The van der Waals surface area contributed by atoms with Crippen LogP contribution in [0.1, 0.15) is 47.0 Å². The highest BCUT2D eigenvalue weighted by Crippen LogP contribution is 2.55. The molecule has 1 aliphatic carbocycles. The van der Waals surface area contributed by atoms with Gasteiger partial charge in [-0.3, -0.25) is 4.79 Å². The number of amides is 1. The van der Waals surface area contributed by atoms with Crippen LogP contribution in [-0.2, 0) is 18.8 Å². The van der Waals surface area contributed by atoms with Crippen molar-refractivity contribution in [3.63, 3.8) is 0 Å². The molecule has 0 aromatic carbocycles. The Labute approximate surface area is 186 Å². The van der Waals surface area contributed by atoms with Crippen LogP contribution < -0.4 is 0 Å². The summed E-state index contributed by atoms with van der Waals surface area (Å²) >= 11 is 1.78. The van der Waals surface area contributed by atoms with Gasteiger partial charge >= 0.3 is 5.97 Å². The van der Waals surface area contributed by atoms with Crippen LogP contribution >= 0.6 is 11.8 Å². The first kappa shape index (κ1) is 23.6. The zero-order chi connectivity index (χ0) is 22.4. The molecule has 0 bridgehead atoms. The average molecular weight is 452 g/mol. The van der Waals surface area contributed by atoms with Crippen molar-refractivity contribution in [2.45, 2.75) is 82.5 Å². The van der Waals surface area contributed by atoms with Gasteiger partial charge < -0.3 is 14.1 Å². The largest absolute Gasteiger partial charge is 0.457 e. The van der Waals surface area contributed by atoms with Gasteiger partial charge in [-0.05, 0) is 49.7 Å². The molecule has 3 rings (SSSR count). The van der Waals surface area contributed by atoms with Gasteiger partial charge in [0, 0.05) is 11.2 Å². The molecule has 1 amide bonds. The topological polar surface area (TPSA) is 55.8 Å². The van der Waals surface area contributed by atoms with Gasteiger partial charge in [0.15, 0.2) is 8.32 Å². The second kappa shape index (κ2) is 8.47. The Hall–Kier alpha value is -1.05. The Balaban J connectivity index is 1.90. The summed E-state index contributed by atoms with van der Waals surface area (Å²) < 4.78 is 12.0. The number of hydrogen-bond donors (Lipinski definition) is 0. The molecule has 2 heterocycles. The lowest BCUT2D eigenvalue weighted by Crippen LogP contribution is -2.65. The third-order valence-electron chi connectivity index (χ3n) is 7.45. The fourth-order valence-corrected chi connectivity index (χ4v) is 7.35. The maximum atomic E-state index is 13.3. The van der Waals surface area contributed by atoms with Crippen molar-refractivity contribution in [1.29, 1.82) is 0 Å². The summed E-state index contributed by atoms with van der Waals surface area (Å²) in [7, 11) is -2.00. The summed E-state index contributed by atoms with van der Waals surface area (Å²) in [4.78, 5) is 28.0. The molecule has 1 unspecified atom stereocenters. The molecule has 0 radical (unpaired) electrons. The molecule has 0 aromatic heterocycles. The Bertz CT molecular complexity index is 757. The summed E-state index contributed by atoms with van der Waals surface area (Å²) in [6.07, 6.45) is 6.68. The zero-order valence-corrected chi connectivity index (χ0v) is 21.3. The lowest BCUT2D eigenvalue weighted by atomic mass is 9.72. The molecule has 2 aliphatic heterocycles. The summed E-state index contributed by atoms with van der Waals surface area (Å²) in [5, 5.41) is 0.354. The van der Waals surface area contributed by atoms with Crippen molar-refractivity contribution in [1.82, 2.24) is 4.90 Å². The number of thioether (sulfide) groups is 1. The standard InChI is InChI=1S/C23H37NO4SSi/c1-9-13-27-22(26)20-18-15(11-10-12-16(18)29-6)19-17(21(25)24(19)20)14(2)28-30(7,8)23(3,4)5/h9,14-17,19H,1,10-13H2,2-8H3/t14?,15-,16-,17-,19-/m1/s1. The maximum absolute atomic E-state index is 13.3. The number of hydrogen-bond acceptors (Lipinski definition) is 5. The van der Waals surface area contributed by atoms with E-state index in [9.17, 15) is 9.59 Å². The molecule has 3 aliphatic rings. The number of esters is 1. The average Bonchev–Trinajstić information content (AvgIpc) is 2.95. The minimum atomic E-state index is -2.00. The third kappa shape index (κ3) is 3.82. The lowest BCUT2D eigenvalue weighted by molar-refractivity contribution is -0.163. The number of β-lactam (4-membered cyclic amide) rings is 1. The SMILES string of the molecule is C=CCOC(=O)C1=C2[C@@H](CCC[C@H]2SC)[C@@H]2[C@@H](C(C)O[Si](C)(C)C(C)(C)C)C(=O)N12. The van der Waals surface area contributed by atoms with E-state index in [4.69, 9.17) is 9.16 Å². The van der Waals surface area contributed by atoms with Crippen molar-refractivity contribution in [3.8, 4) is 0 Å². The third-order valence-corrected chi connectivity index (χ3v) is 13.1. The molecule has 5 nitrogen and oxygen atoms in total. The molecule has 5 atom stereocenters. The first-order chi connectivity index (χ1) is 14.0. The predicted molar refractivity (Wildman–Crippen MR) is 125 cm³/mol. The fourth-order valence-electron chi connectivity index (χ4n) is 4.97. The first-order valence-corrected chi connectivity index (χ1v) is 15.2. The van der Waals surface area contributed by atoms with Gasteiger partial charge in [-0.1, -0.05) is 39.8 Å². The van der Waals surface area contributed by atoms with Gasteiger partial charge in [0.25, 0.3) is 0 Å². The van der Waals surface area contributed by atoms with Crippen molar-refractivity contribution >= 4 is 32.0 Å². The Morgan fingerprint density at radius 1 is 1.37 bits per heavy atom. The summed E-state index contributed by atoms with van der Waals surface area (Å²) in [6.45, 7) is 16.9. The number of rotatable bonds is 7. The van der Waals surface area contributed by atoms with Gasteiger partial charge in [0.05, 0.1) is 18.1 Å². The monoisotopic (exact) mass is 451 g/mol. The van der Waals surface area contributed by atoms with Crippen LogP contribution in [0.15, 0.2) is 23.9 Å². The van der Waals surface area contributed by atoms with E-state index in [-0.39, 0.29) is 52.8 Å². The molecule has 7 heteroatoms. The second-order valence-corrected chi connectivity index (χ2v) is 16.1. The van der Waals surface area contributed by atoms with E-state index in [2.05, 4.69) is 46.7 Å². The molecule has 30 heavy (non-hydrogen) atoms. The highest BCUT2D eigenvalue weighted by molar-refractivity contribution is 7.99. The molecule has 0 spiro atoms. The van der Waals surface area contributed by atoms with Crippen LogP contribution in [0, 0.1) is 11.8 Å². The van der Waals surface area contributed by atoms with Gasteiger partial charge in [-0.2, -0.15) is 11.8 Å². The van der Waals surface area contributed by atoms with Crippen LogP contribution in [-0.4, -0.2) is 55.4 Å². The number of carbonyl (C=O) groups excluding carboxylic acids is 2. The van der Waals surface area contributed by atoms with Gasteiger partial charge in [0.2, 0.25) is 5.91 Å². The van der Waals surface area contributed by atoms with Crippen LogP contribution in [0.2, 0.25) is 18.1 Å². The smallest absolute Gasteiger partial charge is 0.355 e. The van der Waals surface area contributed by atoms with E-state index in [0.717, 1.165) is 24.8 Å². The summed E-state index contributed by atoms with van der Waals surface area (Å²) in [5.74, 6) is -0.332. The van der Waals surface area contributed by atoms with Crippen LogP contribution in [0.25, 0.3) is 0 Å². The van der Waals surface area contributed by atoms with E-state index in [1.807, 2.05) is 6.92 Å². The zero-order valence-electron chi connectivity index (χ0n) is 19.5. The van der Waals surface area contributed by atoms with E-state index in [1.54, 1.807) is 22.7 Å². The number of ether oxygens (including phenoxy) is 1. The molecule has 1 saturated carbocycles. The summed E-state index contributed by atoms with van der Waals surface area (Å²) in [6, 6.07) is 0.0218. The minimum Gasteiger partial charge on any atom is -0.457 e. The Morgan fingerprint density at radius 2 is 2.03 bits per heavy atom. The van der Waals surface area contributed by atoms with Crippen molar-refractivity contribution < 1.29 is 18.8 Å². The Kier molecular flexibility index (Phi) is 6.67. The van der Waals surface area contributed by atoms with Gasteiger partial charge in [-0.25, -0.2) is 4.79 Å². The van der Waals surface area contributed by atoms with Crippen molar-refractivity contribution in [2.24, 2.45) is 11.8 Å². The van der Waals surface area contributed by atoms with Gasteiger partial charge in [-0.15, -0.1) is 0 Å². The lowest BCUT2D eigenvalue weighted by Gasteiger charge is -2.51. The normalized spacial score (nSPS) is 29.8.